The molecule has 34 heavy (non-hydrogen) atoms. The lowest BCUT2D eigenvalue weighted by atomic mass is 10.0. The summed E-state index contributed by atoms with van der Waals surface area (Å²) >= 11 is 6.20. The first kappa shape index (κ1) is 22.7. The minimum Gasteiger partial charge on any atom is -0.340 e. The van der Waals surface area contributed by atoms with Gasteiger partial charge in [0.15, 0.2) is 0 Å². The lowest BCUT2D eigenvalue weighted by molar-refractivity contribution is -0.137. The molecule has 3 aromatic rings. The van der Waals surface area contributed by atoms with E-state index >= 15 is 0 Å². The van der Waals surface area contributed by atoms with Crippen LogP contribution in [0.4, 0.5) is 24.5 Å². The summed E-state index contributed by atoms with van der Waals surface area (Å²) < 4.78 is 39.2. The highest BCUT2D eigenvalue weighted by Gasteiger charge is 2.31. The Morgan fingerprint density at radius 2 is 1.79 bits per heavy atom. The molecule has 4 nitrogen and oxygen atoms in total. The van der Waals surface area contributed by atoms with Crippen molar-refractivity contribution in [3.63, 3.8) is 0 Å². The first-order chi connectivity index (χ1) is 16.3. The van der Waals surface area contributed by atoms with Crippen LogP contribution in [-0.2, 0) is 12.7 Å². The zero-order valence-corrected chi connectivity index (χ0v) is 19.1. The summed E-state index contributed by atoms with van der Waals surface area (Å²) in [4.78, 5) is 8.90. The Balaban J connectivity index is 1.54. The number of hydrogen-bond acceptors (Lipinski definition) is 4. The quantitative estimate of drug-likeness (QED) is 0.417. The zero-order chi connectivity index (χ0) is 23.9. The van der Waals surface area contributed by atoms with Gasteiger partial charge in [0.1, 0.15) is 11.8 Å². The van der Waals surface area contributed by atoms with Crippen molar-refractivity contribution in [3.05, 3.63) is 76.4 Å². The summed E-state index contributed by atoms with van der Waals surface area (Å²) in [6, 6.07) is 16.6. The van der Waals surface area contributed by atoms with E-state index in [9.17, 15) is 18.4 Å². The largest absolute Gasteiger partial charge is 0.416 e. The van der Waals surface area contributed by atoms with Crippen LogP contribution < -0.4 is 4.90 Å². The van der Waals surface area contributed by atoms with Crippen LogP contribution in [0, 0.1) is 17.2 Å². The van der Waals surface area contributed by atoms with Gasteiger partial charge in [-0.05, 0) is 72.9 Å². The molecule has 2 aliphatic rings. The van der Waals surface area contributed by atoms with Crippen LogP contribution >= 0.6 is 11.6 Å². The third-order valence-electron chi connectivity index (χ3n) is 6.32. The Morgan fingerprint density at radius 1 is 1.03 bits per heavy atom. The van der Waals surface area contributed by atoms with E-state index < -0.39 is 11.7 Å². The van der Waals surface area contributed by atoms with Crippen LogP contribution in [0.3, 0.4) is 0 Å². The maximum Gasteiger partial charge on any atom is 0.416 e. The Morgan fingerprint density at radius 3 is 2.47 bits per heavy atom. The predicted molar refractivity (Wildman–Crippen MR) is 126 cm³/mol. The molecule has 0 spiro atoms. The zero-order valence-electron chi connectivity index (χ0n) is 18.3. The van der Waals surface area contributed by atoms with Gasteiger partial charge in [0, 0.05) is 48.1 Å². The van der Waals surface area contributed by atoms with E-state index in [2.05, 4.69) is 20.9 Å². The Labute approximate surface area is 201 Å². The summed E-state index contributed by atoms with van der Waals surface area (Å²) in [7, 11) is 0. The van der Waals surface area contributed by atoms with Crippen molar-refractivity contribution in [2.75, 3.05) is 24.5 Å². The molecule has 174 valence electrons. The molecule has 0 N–H and O–H groups in total. The number of benzene rings is 2. The average Bonchev–Trinajstić information content (AvgIpc) is 3.64. The second kappa shape index (κ2) is 8.94. The summed E-state index contributed by atoms with van der Waals surface area (Å²) in [5.74, 6) is 0.719. The highest BCUT2D eigenvalue weighted by Crippen LogP contribution is 2.38. The van der Waals surface area contributed by atoms with Gasteiger partial charge < -0.3 is 4.90 Å². The van der Waals surface area contributed by atoms with Gasteiger partial charge in [-0.2, -0.15) is 18.4 Å². The van der Waals surface area contributed by atoms with Gasteiger partial charge in [-0.3, -0.25) is 4.90 Å². The molecule has 1 aliphatic carbocycles. The molecule has 1 fully saturated rings. The van der Waals surface area contributed by atoms with Gasteiger partial charge in [-0.15, -0.1) is 0 Å². The number of nitriles is 1. The molecule has 0 bridgehead atoms. The molecule has 0 atom stereocenters. The Bertz CT molecular complexity index is 1250. The third-order valence-corrected chi connectivity index (χ3v) is 6.54. The molecule has 8 heteroatoms. The van der Waals surface area contributed by atoms with Crippen molar-refractivity contribution in [1.82, 2.24) is 9.88 Å². The van der Waals surface area contributed by atoms with Gasteiger partial charge in [-0.1, -0.05) is 17.7 Å². The fourth-order valence-corrected chi connectivity index (χ4v) is 4.65. The smallest absolute Gasteiger partial charge is 0.340 e. The van der Waals surface area contributed by atoms with Crippen molar-refractivity contribution in [2.45, 2.75) is 25.6 Å². The van der Waals surface area contributed by atoms with Crippen LogP contribution in [0.2, 0.25) is 5.02 Å². The van der Waals surface area contributed by atoms with Gasteiger partial charge in [0.05, 0.1) is 11.3 Å². The topological polar surface area (TPSA) is 43.2 Å². The van der Waals surface area contributed by atoms with Crippen LogP contribution in [0.25, 0.3) is 11.3 Å². The normalized spacial score (nSPS) is 16.6. The van der Waals surface area contributed by atoms with Crippen LogP contribution in [0.1, 0.15) is 29.7 Å². The monoisotopic (exact) mass is 482 g/mol. The standard InChI is InChI=1S/C26H22ClF3N4/c27-21-12-22(14-31)32-24(13-21)18-3-8-25-19(11-18)16-33(15-17-1-2-17)9-10-34(25)23-6-4-20(5-7-23)26(28,29)30/h3-8,11-13,17H,1-2,9-10,15-16H2. The van der Waals surface area contributed by atoms with Crippen molar-refractivity contribution in [2.24, 2.45) is 5.92 Å². The number of halogens is 4. The Hall–Kier alpha value is -3.08. The maximum atomic E-state index is 13.1. The second-order valence-corrected chi connectivity index (χ2v) is 9.32. The van der Waals surface area contributed by atoms with E-state index in [-0.39, 0.29) is 5.69 Å². The molecule has 0 saturated heterocycles. The number of aromatic nitrogens is 1. The van der Waals surface area contributed by atoms with Crippen molar-refractivity contribution in [1.29, 1.82) is 5.26 Å². The van der Waals surface area contributed by atoms with Gasteiger partial charge in [0.2, 0.25) is 0 Å². The first-order valence-electron chi connectivity index (χ1n) is 11.2. The molecule has 5 rings (SSSR count). The third kappa shape index (κ3) is 4.89. The molecule has 0 radical (unpaired) electrons. The summed E-state index contributed by atoms with van der Waals surface area (Å²) in [6.07, 6.45) is -1.87. The lowest BCUT2D eigenvalue weighted by Gasteiger charge is -2.26. The minimum absolute atomic E-state index is 0.249. The predicted octanol–water partition coefficient (Wildman–Crippen LogP) is 6.66. The van der Waals surface area contributed by atoms with Gasteiger partial charge >= 0.3 is 6.18 Å². The van der Waals surface area contributed by atoms with E-state index in [0.29, 0.717) is 17.3 Å². The fourth-order valence-electron chi connectivity index (χ4n) is 4.44. The molecule has 1 aromatic heterocycles. The molecule has 1 aliphatic heterocycles. The molecule has 2 aromatic carbocycles. The van der Waals surface area contributed by atoms with Gasteiger partial charge in [-0.25, -0.2) is 4.98 Å². The van der Waals surface area contributed by atoms with Crippen LogP contribution in [0.5, 0.6) is 0 Å². The van der Waals surface area contributed by atoms with Gasteiger partial charge in [0.25, 0.3) is 0 Å². The van der Waals surface area contributed by atoms with E-state index in [1.165, 1.54) is 31.0 Å². The minimum atomic E-state index is -4.36. The summed E-state index contributed by atoms with van der Waals surface area (Å²) in [5.41, 5.74) is 3.81. The van der Waals surface area contributed by atoms with Crippen molar-refractivity contribution >= 4 is 23.0 Å². The van der Waals surface area contributed by atoms with Crippen molar-refractivity contribution in [3.8, 4) is 17.3 Å². The first-order valence-corrected chi connectivity index (χ1v) is 11.6. The molecular formula is C26H22ClF3N4. The SMILES string of the molecule is N#Cc1cc(Cl)cc(-c2ccc3c(c2)CN(CC2CC2)CCN3c2ccc(C(F)(F)F)cc2)n1. The van der Waals surface area contributed by atoms with E-state index in [1.807, 2.05) is 18.2 Å². The van der Waals surface area contributed by atoms with E-state index in [0.717, 1.165) is 60.2 Å². The molecule has 0 amide bonds. The number of anilines is 2. The highest BCUT2D eigenvalue weighted by atomic mass is 35.5. The maximum absolute atomic E-state index is 13.1. The highest BCUT2D eigenvalue weighted by molar-refractivity contribution is 6.30. The number of nitrogens with zero attached hydrogens (tertiary/aromatic N) is 4. The number of alkyl halides is 3. The lowest BCUT2D eigenvalue weighted by Crippen LogP contribution is -2.30. The van der Waals surface area contributed by atoms with E-state index in [1.54, 1.807) is 6.07 Å². The number of rotatable bonds is 4. The number of hydrogen-bond donors (Lipinski definition) is 0. The second-order valence-electron chi connectivity index (χ2n) is 8.89. The fraction of sp³-hybridized carbons (Fsp3) is 0.308. The van der Waals surface area contributed by atoms with E-state index in [4.69, 9.17) is 11.6 Å². The molecular weight excluding hydrogens is 461 g/mol. The van der Waals surface area contributed by atoms with Crippen LogP contribution in [-0.4, -0.2) is 29.5 Å². The van der Waals surface area contributed by atoms with Crippen molar-refractivity contribution < 1.29 is 13.2 Å². The average molecular weight is 483 g/mol. The number of pyridine rings is 1. The molecule has 2 heterocycles. The molecule has 1 saturated carbocycles. The van der Waals surface area contributed by atoms with Crippen LogP contribution in [0.15, 0.2) is 54.6 Å². The summed E-state index contributed by atoms with van der Waals surface area (Å²) in [5, 5.41) is 9.71. The Kier molecular flexibility index (Phi) is 5.97. The number of fused-ring (bicyclic) bond motifs is 1. The summed E-state index contributed by atoms with van der Waals surface area (Å²) in [6.45, 7) is 3.24. The molecule has 0 unspecified atom stereocenters.